The third-order valence-corrected chi connectivity index (χ3v) is 3.23. The fourth-order valence-electron chi connectivity index (χ4n) is 2.15. The van der Waals surface area contributed by atoms with Gasteiger partial charge < -0.3 is 9.64 Å². The molecule has 0 N–H and O–H groups in total. The number of pyridine rings is 1. The fraction of sp³-hybridized carbons (Fsp3) is 0.312. The van der Waals surface area contributed by atoms with Crippen molar-refractivity contribution in [3.05, 3.63) is 42.1 Å². The third kappa shape index (κ3) is 3.56. The smallest absolute Gasteiger partial charge is 0.254 e. The molecular weight excluding hydrogens is 266 g/mol. The molecule has 5 heteroatoms. The minimum Gasteiger partial charge on any atom is -0.383 e. The summed E-state index contributed by atoms with van der Waals surface area (Å²) in [5.41, 5.74) is 1.39. The highest BCUT2D eigenvalue weighted by Crippen LogP contribution is 2.18. The molecule has 0 aliphatic rings. The molecule has 2 aromatic rings. The summed E-state index contributed by atoms with van der Waals surface area (Å²) >= 11 is 0. The Morgan fingerprint density at radius 1 is 1.33 bits per heavy atom. The molecule has 0 aliphatic heterocycles. The number of nitriles is 1. The van der Waals surface area contributed by atoms with Crippen molar-refractivity contribution < 1.29 is 9.53 Å². The lowest BCUT2D eigenvalue weighted by molar-refractivity contribution is 0.0701. The standard InChI is InChI=1S/C16H17N3O2/c1-21-12-11-19(10-4-8-17)16(20)14-7-9-18-15-6-3-2-5-13(14)15/h2-3,5-7,9H,4,10-12H2,1H3. The molecule has 1 aromatic heterocycles. The van der Waals surface area contributed by atoms with Gasteiger partial charge >= 0.3 is 0 Å². The summed E-state index contributed by atoms with van der Waals surface area (Å²) in [4.78, 5) is 18.6. The third-order valence-electron chi connectivity index (χ3n) is 3.23. The maximum absolute atomic E-state index is 12.7. The number of fused-ring (bicyclic) bond motifs is 1. The minimum atomic E-state index is -0.0964. The Labute approximate surface area is 123 Å². The van der Waals surface area contributed by atoms with E-state index in [1.165, 1.54) is 0 Å². The van der Waals surface area contributed by atoms with Gasteiger partial charge in [0.1, 0.15) is 0 Å². The fourth-order valence-corrected chi connectivity index (χ4v) is 2.15. The van der Waals surface area contributed by atoms with Gasteiger partial charge in [0.25, 0.3) is 5.91 Å². The monoisotopic (exact) mass is 283 g/mol. The van der Waals surface area contributed by atoms with Gasteiger partial charge in [-0.15, -0.1) is 0 Å². The number of aromatic nitrogens is 1. The molecule has 0 fully saturated rings. The second-order valence-electron chi connectivity index (χ2n) is 4.57. The molecule has 1 amide bonds. The Hall–Kier alpha value is -2.45. The van der Waals surface area contributed by atoms with Crippen LogP contribution in [0.5, 0.6) is 0 Å². The SMILES string of the molecule is COCCN(CCC#N)C(=O)c1ccnc2ccccc12. The molecule has 0 saturated heterocycles. The number of para-hydroxylation sites is 1. The molecule has 21 heavy (non-hydrogen) atoms. The Balaban J connectivity index is 2.31. The van der Waals surface area contributed by atoms with E-state index < -0.39 is 0 Å². The molecule has 0 aliphatic carbocycles. The molecule has 0 saturated carbocycles. The first-order valence-electron chi connectivity index (χ1n) is 6.77. The summed E-state index contributed by atoms with van der Waals surface area (Å²) in [5, 5.41) is 9.56. The van der Waals surface area contributed by atoms with Crippen molar-refractivity contribution in [2.24, 2.45) is 0 Å². The number of nitrogens with zero attached hydrogens (tertiary/aromatic N) is 3. The minimum absolute atomic E-state index is 0.0964. The van der Waals surface area contributed by atoms with Crippen LogP contribution >= 0.6 is 0 Å². The number of rotatable bonds is 6. The van der Waals surface area contributed by atoms with Crippen LogP contribution in [0.25, 0.3) is 10.9 Å². The van der Waals surface area contributed by atoms with Crippen LogP contribution in [-0.2, 0) is 4.74 Å². The van der Waals surface area contributed by atoms with Crippen LogP contribution in [0.4, 0.5) is 0 Å². The van der Waals surface area contributed by atoms with Crippen molar-refractivity contribution in [1.29, 1.82) is 5.26 Å². The summed E-state index contributed by atoms with van der Waals surface area (Å²) in [6, 6.07) is 11.3. The molecule has 0 spiro atoms. The van der Waals surface area contributed by atoms with Gasteiger partial charge in [-0.25, -0.2) is 0 Å². The first kappa shape index (κ1) is 14.9. The number of carbonyl (C=O) groups is 1. The number of hydrogen-bond donors (Lipinski definition) is 0. The molecule has 0 atom stereocenters. The molecular formula is C16H17N3O2. The van der Waals surface area contributed by atoms with E-state index in [-0.39, 0.29) is 5.91 Å². The summed E-state index contributed by atoms with van der Waals surface area (Å²) < 4.78 is 5.04. The Morgan fingerprint density at radius 2 is 2.14 bits per heavy atom. The van der Waals surface area contributed by atoms with E-state index in [9.17, 15) is 4.79 Å². The van der Waals surface area contributed by atoms with Crippen LogP contribution in [0.3, 0.4) is 0 Å². The van der Waals surface area contributed by atoms with Crippen molar-refractivity contribution in [1.82, 2.24) is 9.88 Å². The maximum atomic E-state index is 12.7. The van der Waals surface area contributed by atoms with Crippen molar-refractivity contribution in [2.45, 2.75) is 6.42 Å². The van der Waals surface area contributed by atoms with Gasteiger partial charge in [-0.2, -0.15) is 5.26 Å². The zero-order valence-corrected chi connectivity index (χ0v) is 12.0. The van der Waals surface area contributed by atoms with E-state index in [0.717, 1.165) is 10.9 Å². The van der Waals surface area contributed by atoms with Gasteiger partial charge in [-0.3, -0.25) is 9.78 Å². The number of amides is 1. The van der Waals surface area contributed by atoms with Crippen molar-refractivity contribution >= 4 is 16.8 Å². The zero-order valence-electron chi connectivity index (χ0n) is 12.0. The van der Waals surface area contributed by atoms with E-state index in [1.54, 1.807) is 24.3 Å². The van der Waals surface area contributed by atoms with E-state index in [4.69, 9.17) is 10.00 Å². The van der Waals surface area contributed by atoms with Crippen molar-refractivity contribution in [3.8, 4) is 6.07 Å². The summed E-state index contributed by atoms with van der Waals surface area (Å²) in [6.45, 7) is 1.31. The molecule has 1 aromatic carbocycles. The summed E-state index contributed by atoms with van der Waals surface area (Å²) in [7, 11) is 1.59. The lowest BCUT2D eigenvalue weighted by Crippen LogP contribution is -2.34. The molecule has 1 heterocycles. The van der Waals surface area contributed by atoms with Crippen LogP contribution in [0.2, 0.25) is 0 Å². The normalized spacial score (nSPS) is 10.3. The quantitative estimate of drug-likeness (QED) is 0.815. The largest absolute Gasteiger partial charge is 0.383 e. The van der Waals surface area contributed by atoms with E-state index in [1.807, 2.05) is 24.3 Å². The van der Waals surface area contributed by atoms with Crippen LogP contribution < -0.4 is 0 Å². The molecule has 108 valence electrons. The molecule has 2 rings (SSSR count). The van der Waals surface area contributed by atoms with Gasteiger partial charge in [-0.05, 0) is 12.1 Å². The summed E-state index contributed by atoms with van der Waals surface area (Å²) in [5.74, 6) is -0.0964. The lowest BCUT2D eigenvalue weighted by atomic mass is 10.1. The van der Waals surface area contributed by atoms with Crippen LogP contribution in [-0.4, -0.2) is 42.6 Å². The van der Waals surface area contributed by atoms with Gasteiger partial charge in [0.15, 0.2) is 0 Å². The summed E-state index contributed by atoms with van der Waals surface area (Å²) in [6.07, 6.45) is 1.94. The maximum Gasteiger partial charge on any atom is 0.254 e. The molecule has 0 radical (unpaired) electrons. The predicted molar refractivity (Wildman–Crippen MR) is 79.8 cm³/mol. The van der Waals surface area contributed by atoms with Crippen molar-refractivity contribution in [3.63, 3.8) is 0 Å². The van der Waals surface area contributed by atoms with Crippen LogP contribution in [0.15, 0.2) is 36.5 Å². The van der Waals surface area contributed by atoms with E-state index in [0.29, 0.717) is 31.7 Å². The highest BCUT2D eigenvalue weighted by atomic mass is 16.5. The predicted octanol–water partition coefficient (Wildman–Crippen LogP) is 2.24. The van der Waals surface area contributed by atoms with E-state index in [2.05, 4.69) is 11.1 Å². The average Bonchev–Trinajstić information content (AvgIpc) is 2.54. The number of carbonyl (C=O) groups excluding carboxylic acids is 1. The highest BCUT2D eigenvalue weighted by molar-refractivity contribution is 6.05. The highest BCUT2D eigenvalue weighted by Gasteiger charge is 2.17. The number of benzene rings is 1. The van der Waals surface area contributed by atoms with Gasteiger partial charge in [-0.1, -0.05) is 18.2 Å². The van der Waals surface area contributed by atoms with Crippen LogP contribution in [0, 0.1) is 11.3 Å². The van der Waals surface area contributed by atoms with Gasteiger partial charge in [0, 0.05) is 31.8 Å². The zero-order chi connectivity index (χ0) is 15.1. The Kier molecular flexibility index (Phi) is 5.24. The number of methoxy groups -OCH3 is 1. The molecule has 0 unspecified atom stereocenters. The Morgan fingerprint density at radius 3 is 2.90 bits per heavy atom. The lowest BCUT2D eigenvalue weighted by Gasteiger charge is -2.21. The first-order valence-corrected chi connectivity index (χ1v) is 6.77. The topological polar surface area (TPSA) is 66.2 Å². The number of hydrogen-bond acceptors (Lipinski definition) is 4. The first-order chi connectivity index (χ1) is 10.3. The average molecular weight is 283 g/mol. The van der Waals surface area contributed by atoms with E-state index >= 15 is 0 Å². The van der Waals surface area contributed by atoms with Crippen LogP contribution in [0.1, 0.15) is 16.8 Å². The number of ether oxygens (including phenoxy) is 1. The second-order valence-corrected chi connectivity index (χ2v) is 4.57. The Bertz CT molecular complexity index is 659. The molecule has 0 bridgehead atoms. The second kappa shape index (κ2) is 7.36. The molecule has 5 nitrogen and oxygen atoms in total. The van der Waals surface area contributed by atoms with Crippen molar-refractivity contribution in [2.75, 3.05) is 26.8 Å². The van der Waals surface area contributed by atoms with Gasteiger partial charge in [0.2, 0.25) is 0 Å². The van der Waals surface area contributed by atoms with Gasteiger partial charge in [0.05, 0.1) is 30.2 Å².